The van der Waals surface area contributed by atoms with Gasteiger partial charge in [0, 0.05) is 16.5 Å². The number of nitrogens with zero attached hydrogens (tertiary/aromatic N) is 2. The van der Waals surface area contributed by atoms with Gasteiger partial charge in [-0.25, -0.2) is 0 Å². The number of hydrogen-bond donors (Lipinski definition) is 0. The van der Waals surface area contributed by atoms with Gasteiger partial charge in [0.2, 0.25) is 0 Å². The second kappa shape index (κ2) is 8.79. The van der Waals surface area contributed by atoms with Crippen LogP contribution in [0, 0.1) is 0 Å². The van der Waals surface area contributed by atoms with Crippen LogP contribution in [-0.4, -0.2) is 11.3 Å². The zero-order valence-corrected chi connectivity index (χ0v) is 17.5. The number of rotatable bonds is 6. The van der Waals surface area contributed by atoms with E-state index < -0.39 is 0 Å². The highest BCUT2D eigenvalue weighted by Crippen LogP contribution is 2.32. The summed E-state index contributed by atoms with van der Waals surface area (Å²) in [4.78, 5) is 4.27. The highest BCUT2D eigenvalue weighted by Gasteiger charge is 2.11. The molecule has 3 aromatic carbocycles. The molecule has 148 valence electrons. The van der Waals surface area contributed by atoms with Crippen molar-refractivity contribution >= 4 is 34.2 Å². The van der Waals surface area contributed by atoms with E-state index in [2.05, 4.69) is 120 Å². The van der Waals surface area contributed by atoms with Crippen LogP contribution in [0.1, 0.15) is 25.8 Å². The van der Waals surface area contributed by atoms with Gasteiger partial charge in [-0.3, -0.25) is 4.99 Å². The van der Waals surface area contributed by atoms with Crippen LogP contribution in [0.5, 0.6) is 0 Å². The minimum atomic E-state index is 0.837. The maximum atomic E-state index is 4.27. The summed E-state index contributed by atoms with van der Waals surface area (Å²) in [6.07, 6.45) is 9.29. The molecule has 4 aromatic rings. The number of aliphatic imine (C=N–C) groups is 1. The summed E-state index contributed by atoms with van der Waals surface area (Å²) >= 11 is 0. The smallest absolute Gasteiger partial charge is 0.0658 e. The monoisotopic (exact) mass is 390 g/mol. The molecular weight excluding hydrogens is 364 g/mol. The Morgan fingerprint density at radius 2 is 1.47 bits per heavy atom. The summed E-state index contributed by atoms with van der Waals surface area (Å²) in [7, 11) is 0. The minimum Gasteiger partial charge on any atom is -0.309 e. The Hall–Kier alpha value is -3.65. The molecule has 0 saturated heterocycles. The van der Waals surface area contributed by atoms with E-state index in [4.69, 9.17) is 0 Å². The highest BCUT2D eigenvalue weighted by molar-refractivity contribution is 6.09. The Labute approximate surface area is 178 Å². The number of hydrogen-bond acceptors (Lipinski definition) is 1. The molecule has 0 spiro atoms. The lowest BCUT2D eigenvalue weighted by atomic mass is 10.1. The maximum Gasteiger partial charge on any atom is 0.0658 e. The average molecular weight is 391 g/mol. The summed E-state index contributed by atoms with van der Waals surface area (Å²) in [5.74, 6) is 0. The first-order valence-corrected chi connectivity index (χ1v) is 10.3. The topological polar surface area (TPSA) is 17.3 Å². The predicted molar refractivity (Wildman–Crippen MR) is 131 cm³/mol. The first-order valence-electron chi connectivity index (χ1n) is 10.3. The summed E-state index contributed by atoms with van der Waals surface area (Å²) in [6.45, 7) is 7.88. The number of fused-ring (bicyclic) bond motifs is 3. The van der Waals surface area contributed by atoms with Crippen molar-refractivity contribution in [3.05, 3.63) is 108 Å². The normalized spacial score (nSPS) is 12.9. The van der Waals surface area contributed by atoms with E-state index in [-0.39, 0.29) is 0 Å². The molecule has 1 heterocycles. The van der Waals surface area contributed by atoms with Crippen LogP contribution in [0.15, 0.2) is 108 Å². The quantitative estimate of drug-likeness (QED) is 0.237. The first kappa shape index (κ1) is 19.7. The molecule has 0 amide bonds. The Balaban J connectivity index is 1.74. The zero-order valence-electron chi connectivity index (χ0n) is 17.5. The summed E-state index contributed by atoms with van der Waals surface area (Å²) < 4.78 is 2.32. The minimum absolute atomic E-state index is 0.837. The van der Waals surface area contributed by atoms with Crippen LogP contribution in [0.4, 0.5) is 0 Å². The van der Waals surface area contributed by atoms with E-state index in [0.29, 0.717) is 0 Å². The van der Waals surface area contributed by atoms with E-state index in [1.165, 1.54) is 27.4 Å². The lowest BCUT2D eigenvalue weighted by molar-refractivity contribution is 1.18. The highest BCUT2D eigenvalue weighted by atomic mass is 15.0. The zero-order chi connectivity index (χ0) is 20.9. The van der Waals surface area contributed by atoms with Crippen LogP contribution >= 0.6 is 0 Å². The van der Waals surface area contributed by atoms with Gasteiger partial charge in [0.05, 0.1) is 16.7 Å². The van der Waals surface area contributed by atoms with Gasteiger partial charge in [-0.2, -0.15) is 0 Å². The van der Waals surface area contributed by atoms with Gasteiger partial charge >= 0.3 is 0 Å². The third kappa shape index (κ3) is 3.65. The second-order valence-corrected chi connectivity index (χ2v) is 7.23. The molecule has 0 atom stereocenters. The summed E-state index contributed by atoms with van der Waals surface area (Å²) in [5, 5.41) is 2.54. The molecule has 0 aliphatic carbocycles. The molecule has 0 saturated carbocycles. The molecule has 0 unspecified atom stereocenters. The van der Waals surface area contributed by atoms with E-state index in [1.807, 2.05) is 6.92 Å². The SMILES string of the molecule is C=N/C(=C\CC(/C=C\C)=C/C)c1ccc(-n2c3ccccc3c3ccccc32)cc1. The van der Waals surface area contributed by atoms with Gasteiger partial charge in [0.25, 0.3) is 0 Å². The van der Waals surface area contributed by atoms with Crippen molar-refractivity contribution in [3.63, 3.8) is 0 Å². The third-order valence-electron chi connectivity index (χ3n) is 5.45. The predicted octanol–water partition coefficient (Wildman–Crippen LogP) is 7.74. The van der Waals surface area contributed by atoms with E-state index >= 15 is 0 Å². The van der Waals surface area contributed by atoms with Gasteiger partial charge in [0.1, 0.15) is 0 Å². The summed E-state index contributed by atoms with van der Waals surface area (Å²) in [5.41, 5.74) is 6.82. The van der Waals surface area contributed by atoms with E-state index in [0.717, 1.165) is 23.4 Å². The van der Waals surface area contributed by atoms with Gasteiger partial charge < -0.3 is 4.57 Å². The van der Waals surface area contributed by atoms with E-state index in [1.54, 1.807) is 0 Å². The van der Waals surface area contributed by atoms with Crippen molar-refractivity contribution in [2.75, 3.05) is 0 Å². The van der Waals surface area contributed by atoms with Gasteiger partial charge in [-0.15, -0.1) is 0 Å². The molecule has 0 bridgehead atoms. The lowest BCUT2D eigenvalue weighted by Gasteiger charge is -2.09. The molecule has 0 fully saturated rings. The fourth-order valence-corrected chi connectivity index (χ4v) is 3.97. The van der Waals surface area contributed by atoms with Crippen molar-refractivity contribution in [3.8, 4) is 5.69 Å². The molecule has 4 rings (SSSR count). The largest absolute Gasteiger partial charge is 0.309 e. The molecule has 0 radical (unpaired) electrons. The maximum absolute atomic E-state index is 4.27. The molecular formula is C28H26N2. The van der Waals surface area contributed by atoms with Crippen molar-refractivity contribution in [2.24, 2.45) is 4.99 Å². The van der Waals surface area contributed by atoms with Crippen molar-refractivity contribution in [1.29, 1.82) is 0 Å². The number of benzene rings is 3. The number of allylic oxidation sites excluding steroid dienone is 5. The number of para-hydroxylation sites is 2. The standard InChI is InChI=1S/C28H26N2/c1-4-10-21(5-2)15-20-26(29-3)22-16-18-23(19-17-22)30-27-13-8-6-11-24(27)25-12-7-9-14-28(25)30/h4-14,16-20H,3,15H2,1-2H3/b10-4-,21-5+,26-20-. The van der Waals surface area contributed by atoms with Gasteiger partial charge in [0.15, 0.2) is 0 Å². The molecule has 2 heteroatoms. The molecule has 1 aromatic heterocycles. The van der Waals surface area contributed by atoms with E-state index in [9.17, 15) is 0 Å². The fraction of sp³-hybridized carbons (Fsp3) is 0.107. The van der Waals surface area contributed by atoms with Crippen molar-refractivity contribution in [2.45, 2.75) is 20.3 Å². The fourth-order valence-electron chi connectivity index (χ4n) is 3.97. The van der Waals surface area contributed by atoms with Crippen molar-refractivity contribution in [1.82, 2.24) is 4.57 Å². The molecule has 0 aliphatic heterocycles. The van der Waals surface area contributed by atoms with Crippen LogP contribution in [0.3, 0.4) is 0 Å². The van der Waals surface area contributed by atoms with Gasteiger partial charge in [-0.05, 0) is 62.4 Å². The van der Waals surface area contributed by atoms with Crippen molar-refractivity contribution < 1.29 is 0 Å². The molecule has 2 nitrogen and oxygen atoms in total. The first-order chi connectivity index (χ1) is 14.8. The molecule has 0 aliphatic rings. The Morgan fingerprint density at radius 3 is 2.00 bits per heavy atom. The van der Waals surface area contributed by atoms with Crippen LogP contribution in [0.25, 0.3) is 33.2 Å². The Morgan fingerprint density at radius 1 is 0.867 bits per heavy atom. The van der Waals surface area contributed by atoms with Crippen LogP contribution in [-0.2, 0) is 0 Å². The average Bonchev–Trinajstić information content (AvgIpc) is 3.13. The third-order valence-corrected chi connectivity index (χ3v) is 5.45. The summed E-state index contributed by atoms with van der Waals surface area (Å²) in [6, 6.07) is 25.7. The molecule has 0 N–H and O–H groups in total. The molecule has 30 heavy (non-hydrogen) atoms. The van der Waals surface area contributed by atoms with Crippen LogP contribution < -0.4 is 0 Å². The van der Waals surface area contributed by atoms with Gasteiger partial charge in [-0.1, -0.05) is 72.8 Å². The Kier molecular flexibility index (Phi) is 5.76. The number of aromatic nitrogens is 1. The Bertz CT molecular complexity index is 1230. The lowest BCUT2D eigenvalue weighted by Crippen LogP contribution is -1.94. The van der Waals surface area contributed by atoms with Crippen LogP contribution in [0.2, 0.25) is 0 Å². The second-order valence-electron chi connectivity index (χ2n) is 7.23.